The highest BCUT2D eigenvalue weighted by Gasteiger charge is 2.51. The number of ether oxygens (including phenoxy) is 1. The summed E-state index contributed by atoms with van der Waals surface area (Å²) in [6.07, 6.45) is 1.59. The van der Waals surface area contributed by atoms with Crippen LogP contribution in [0.3, 0.4) is 0 Å². The van der Waals surface area contributed by atoms with Crippen molar-refractivity contribution in [3.8, 4) is 11.3 Å². The van der Waals surface area contributed by atoms with E-state index in [1.165, 1.54) is 52.6 Å². The third-order valence-electron chi connectivity index (χ3n) is 5.98. The van der Waals surface area contributed by atoms with Gasteiger partial charge < -0.3 is 14.5 Å². The van der Waals surface area contributed by atoms with E-state index in [1.807, 2.05) is 0 Å². The number of esters is 1. The molecule has 4 aromatic rings. The number of hydrogen-bond donors (Lipinski definition) is 2. The molecule has 0 radical (unpaired) electrons. The summed E-state index contributed by atoms with van der Waals surface area (Å²) in [5.41, 5.74) is -3.39. The van der Waals surface area contributed by atoms with Gasteiger partial charge in [-0.15, -0.1) is 0 Å². The van der Waals surface area contributed by atoms with E-state index in [0.29, 0.717) is 27.9 Å². The fourth-order valence-electron chi connectivity index (χ4n) is 3.95. The van der Waals surface area contributed by atoms with Crippen molar-refractivity contribution in [2.75, 3.05) is 7.11 Å². The lowest BCUT2D eigenvalue weighted by Gasteiger charge is -2.19. The van der Waals surface area contributed by atoms with Crippen molar-refractivity contribution in [2.45, 2.75) is 18.8 Å². The van der Waals surface area contributed by atoms with Crippen LogP contribution >= 0.6 is 23.5 Å². The molecule has 2 N–H and O–H groups in total. The molecule has 0 saturated carbocycles. The molecule has 8 nitrogen and oxygen atoms in total. The number of benzene rings is 3. The highest BCUT2D eigenvalue weighted by molar-refractivity contribution is 9.10. The van der Waals surface area contributed by atoms with Crippen LogP contribution in [0.5, 0.6) is 0 Å². The number of nitrogens with zero attached hydrogens (tertiary/aromatic N) is 2. The van der Waals surface area contributed by atoms with Crippen LogP contribution in [0.2, 0.25) is 0 Å². The van der Waals surface area contributed by atoms with Gasteiger partial charge >= 0.3 is 24.9 Å². The van der Waals surface area contributed by atoms with E-state index in [9.17, 15) is 27.3 Å². The Bertz CT molecular complexity index is 1630. The minimum atomic E-state index is -5.78. The summed E-state index contributed by atoms with van der Waals surface area (Å²) < 4.78 is 60.5. The largest absolute Gasteiger partial charge is 0.465 e. The van der Waals surface area contributed by atoms with Crippen LogP contribution in [0.25, 0.3) is 11.3 Å². The topological polar surface area (TPSA) is 111 Å². The van der Waals surface area contributed by atoms with Crippen molar-refractivity contribution in [1.29, 1.82) is 0 Å². The summed E-state index contributed by atoms with van der Waals surface area (Å²) in [7, 11) is -4.53. The zero-order valence-corrected chi connectivity index (χ0v) is 22.7. The Kier molecular flexibility index (Phi) is 8.04. The highest BCUT2D eigenvalue weighted by atomic mass is 79.9. The minimum absolute atomic E-state index is 0.0797. The van der Waals surface area contributed by atoms with Crippen LogP contribution in [-0.2, 0) is 28.1 Å². The average Bonchev–Trinajstić information content (AvgIpc) is 3.18. The number of carbonyl (C=O) groups excluding carboxylic acids is 1. The van der Waals surface area contributed by atoms with Crippen molar-refractivity contribution in [3.63, 3.8) is 0 Å². The molecule has 0 amide bonds. The van der Waals surface area contributed by atoms with Crippen molar-refractivity contribution < 1.29 is 37.1 Å². The Hall–Kier alpha value is -3.44. The summed E-state index contributed by atoms with van der Waals surface area (Å²) in [4.78, 5) is 43.4. The van der Waals surface area contributed by atoms with Gasteiger partial charge in [0, 0.05) is 16.2 Å². The van der Waals surface area contributed by atoms with E-state index in [2.05, 4.69) is 15.9 Å². The molecule has 0 atom stereocenters. The van der Waals surface area contributed by atoms with Crippen molar-refractivity contribution in [2.24, 2.45) is 0 Å². The lowest BCUT2D eigenvalue weighted by atomic mass is 10.1. The fraction of sp³-hybridized carbons (Fsp3) is 0.154. The molecule has 13 heteroatoms. The second-order valence-corrected chi connectivity index (χ2v) is 11.1. The van der Waals surface area contributed by atoms with Crippen LogP contribution < -0.4 is 5.69 Å². The van der Waals surface area contributed by atoms with E-state index in [1.54, 1.807) is 30.5 Å². The molecule has 0 fully saturated rings. The van der Waals surface area contributed by atoms with E-state index in [0.717, 1.165) is 6.07 Å². The zero-order chi connectivity index (χ0) is 28.5. The van der Waals surface area contributed by atoms with E-state index in [-0.39, 0.29) is 17.6 Å². The Morgan fingerprint density at radius 1 is 1.00 bits per heavy atom. The maximum absolute atomic E-state index is 14.3. The van der Waals surface area contributed by atoms with E-state index >= 15 is 0 Å². The van der Waals surface area contributed by atoms with Gasteiger partial charge in [-0.3, -0.25) is 13.7 Å². The predicted octanol–water partition coefficient (Wildman–Crippen LogP) is 5.33. The molecular formula is C26H21BrF3N2O6P. The smallest absolute Gasteiger partial charge is 0.399 e. The summed E-state index contributed by atoms with van der Waals surface area (Å²) in [6, 6.07) is 15.3. The quantitative estimate of drug-likeness (QED) is 0.203. The molecule has 0 spiro atoms. The number of alkyl halides is 2. The Labute approximate surface area is 228 Å². The maximum Gasteiger partial charge on any atom is 0.399 e. The highest BCUT2D eigenvalue weighted by Crippen LogP contribution is 2.60. The Morgan fingerprint density at radius 3 is 2.18 bits per heavy atom. The van der Waals surface area contributed by atoms with Crippen LogP contribution in [0, 0.1) is 5.82 Å². The van der Waals surface area contributed by atoms with Gasteiger partial charge in [0.2, 0.25) is 0 Å². The van der Waals surface area contributed by atoms with Gasteiger partial charge in [-0.1, -0.05) is 52.3 Å². The molecule has 0 aliphatic rings. The van der Waals surface area contributed by atoms with Crippen LogP contribution in [0.15, 0.2) is 82.2 Å². The normalized spacial score (nSPS) is 12.0. The molecule has 1 aromatic heterocycles. The number of aromatic nitrogens is 2. The average molecular weight is 625 g/mol. The standard InChI is InChI=1S/C26H21BrF3N2O6P/c1-38-24(33)19-7-5-18(6-8-19)23-15-31(13-16-2-9-20(28)10-3-16)25(34)32(23)14-17-4-11-21(22(27)12-17)26(29,30)39(35,36)37/h2-12,15H,13-14H2,1H3,(H2,35,36,37). The van der Waals surface area contributed by atoms with Crippen molar-refractivity contribution >= 4 is 29.5 Å². The summed E-state index contributed by atoms with van der Waals surface area (Å²) >= 11 is 2.96. The predicted molar refractivity (Wildman–Crippen MR) is 140 cm³/mol. The lowest BCUT2D eigenvalue weighted by molar-refractivity contribution is 0.0557. The number of halogens is 4. The molecule has 0 aliphatic carbocycles. The van der Waals surface area contributed by atoms with Crippen LogP contribution in [0.1, 0.15) is 27.0 Å². The third kappa shape index (κ3) is 5.94. The molecule has 0 aliphatic heterocycles. The lowest BCUT2D eigenvalue weighted by Crippen LogP contribution is -2.25. The molecular weight excluding hydrogens is 604 g/mol. The number of carbonyl (C=O) groups is 1. The number of imidazole rings is 1. The molecule has 1 heterocycles. The molecule has 0 saturated heterocycles. The van der Waals surface area contributed by atoms with Gasteiger partial charge in [0.05, 0.1) is 31.5 Å². The summed E-state index contributed by atoms with van der Waals surface area (Å²) in [6.45, 7) is 0.0419. The Balaban J connectivity index is 1.76. The Morgan fingerprint density at radius 2 is 1.62 bits per heavy atom. The van der Waals surface area contributed by atoms with Gasteiger partial charge in [-0.05, 0) is 47.0 Å². The van der Waals surface area contributed by atoms with Gasteiger partial charge in [-0.2, -0.15) is 8.78 Å². The monoisotopic (exact) mass is 624 g/mol. The SMILES string of the molecule is COC(=O)c1ccc(-c2cn(Cc3ccc(F)cc3)c(=O)n2Cc2ccc(C(F)(F)P(=O)(O)O)c(Br)c2)cc1. The first-order chi connectivity index (χ1) is 18.3. The van der Waals surface area contributed by atoms with E-state index in [4.69, 9.17) is 14.5 Å². The van der Waals surface area contributed by atoms with Crippen molar-refractivity contribution in [1.82, 2.24) is 9.13 Å². The summed E-state index contributed by atoms with van der Waals surface area (Å²) in [5, 5.41) is 0. The number of rotatable bonds is 8. The van der Waals surface area contributed by atoms with E-state index < -0.39 is 36.3 Å². The molecule has 0 bridgehead atoms. The second-order valence-electron chi connectivity index (χ2n) is 8.61. The molecule has 4 rings (SSSR count). The first kappa shape index (κ1) is 28.6. The van der Waals surface area contributed by atoms with Gasteiger partial charge in [0.15, 0.2) is 0 Å². The fourth-order valence-corrected chi connectivity index (χ4v) is 5.29. The van der Waals surface area contributed by atoms with Crippen LogP contribution in [-0.4, -0.2) is 32.0 Å². The van der Waals surface area contributed by atoms with Crippen molar-refractivity contribution in [3.05, 3.63) is 116 Å². The number of methoxy groups -OCH3 is 1. The molecule has 3 aromatic carbocycles. The van der Waals surface area contributed by atoms with Gasteiger partial charge in [0.1, 0.15) is 5.82 Å². The molecule has 204 valence electrons. The first-order valence-electron chi connectivity index (χ1n) is 11.3. The first-order valence-corrected chi connectivity index (χ1v) is 13.7. The maximum atomic E-state index is 14.3. The van der Waals surface area contributed by atoms with Gasteiger partial charge in [-0.25, -0.2) is 14.0 Å². The second kappa shape index (κ2) is 11.0. The molecule has 39 heavy (non-hydrogen) atoms. The third-order valence-corrected chi connectivity index (χ3v) is 7.61. The minimum Gasteiger partial charge on any atom is -0.465 e. The van der Waals surface area contributed by atoms with Gasteiger partial charge in [0.25, 0.3) is 0 Å². The summed E-state index contributed by atoms with van der Waals surface area (Å²) in [5.74, 6) is -0.960. The molecule has 0 unspecified atom stereocenters. The zero-order valence-electron chi connectivity index (χ0n) is 20.2. The number of hydrogen-bond acceptors (Lipinski definition) is 4. The van der Waals surface area contributed by atoms with Crippen LogP contribution in [0.4, 0.5) is 13.2 Å².